The molecule has 12 heavy (non-hydrogen) atoms. The van der Waals surface area contributed by atoms with Gasteiger partial charge in [0.15, 0.2) is 0 Å². The second-order valence-corrected chi connectivity index (χ2v) is 3.22. The van der Waals surface area contributed by atoms with E-state index in [0.29, 0.717) is 0 Å². The Bertz CT molecular complexity index is 289. The lowest BCUT2D eigenvalue weighted by molar-refractivity contribution is 0.0754. The van der Waals surface area contributed by atoms with Crippen LogP contribution in [-0.2, 0) is 5.60 Å². The summed E-state index contributed by atoms with van der Waals surface area (Å²) in [6.45, 7) is 2.98. The molecule has 0 amide bonds. The first kappa shape index (κ1) is 9.00. The lowest BCUT2D eigenvalue weighted by Crippen LogP contribution is -2.15. The van der Waals surface area contributed by atoms with E-state index in [9.17, 15) is 14.6 Å². The van der Waals surface area contributed by atoms with Crippen LogP contribution in [0.5, 0.6) is 5.75 Å². The number of aromatic hydroxyl groups is 1. The molecule has 0 spiro atoms. The van der Waals surface area contributed by atoms with Crippen LogP contribution in [0, 0.1) is 5.82 Å². The van der Waals surface area contributed by atoms with Gasteiger partial charge in [0.05, 0.1) is 5.60 Å². The number of aliphatic hydroxyl groups is 1. The van der Waals surface area contributed by atoms with Gasteiger partial charge in [0.1, 0.15) is 11.6 Å². The van der Waals surface area contributed by atoms with Crippen molar-refractivity contribution in [2.24, 2.45) is 0 Å². The lowest BCUT2D eigenvalue weighted by Gasteiger charge is -2.18. The molecule has 2 N–H and O–H groups in total. The number of hydrogen-bond acceptors (Lipinski definition) is 2. The number of phenols is 1. The first-order valence-electron chi connectivity index (χ1n) is 3.62. The van der Waals surface area contributed by atoms with E-state index in [0.717, 1.165) is 12.1 Å². The Hall–Kier alpha value is -1.09. The van der Waals surface area contributed by atoms with E-state index in [1.807, 2.05) is 0 Å². The molecule has 0 aliphatic rings. The molecule has 3 heteroatoms. The van der Waals surface area contributed by atoms with Gasteiger partial charge in [-0.25, -0.2) is 4.39 Å². The Morgan fingerprint density at radius 2 is 1.92 bits per heavy atom. The fourth-order valence-corrected chi connectivity index (χ4v) is 0.998. The monoisotopic (exact) mass is 170 g/mol. The predicted molar refractivity (Wildman–Crippen MR) is 43.3 cm³/mol. The summed E-state index contributed by atoms with van der Waals surface area (Å²) in [5.41, 5.74) is -1.02. The van der Waals surface area contributed by atoms with Crippen LogP contribution in [0.15, 0.2) is 18.2 Å². The van der Waals surface area contributed by atoms with Gasteiger partial charge in [-0.2, -0.15) is 0 Å². The maximum atomic E-state index is 12.7. The largest absolute Gasteiger partial charge is 0.508 e. The van der Waals surface area contributed by atoms with Crippen molar-refractivity contribution in [3.63, 3.8) is 0 Å². The van der Waals surface area contributed by atoms with Crippen molar-refractivity contribution in [2.45, 2.75) is 19.4 Å². The first-order chi connectivity index (χ1) is 5.41. The molecule has 0 fully saturated rings. The van der Waals surface area contributed by atoms with E-state index < -0.39 is 11.4 Å². The third-order valence-corrected chi connectivity index (χ3v) is 1.62. The summed E-state index contributed by atoms with van der Waals surface area (Å²) in [5, 5.41) is 18.7. The zero-order valence-electron chi connectivity index (χ0n) is 7.00. The highest BCUT2D eigenvalue weighted by atomic mass is 19.1. The molecule has 0 bridgehead atoms. The molecular formula is C9H11FO2. The van der Waals surface area contributed by atoms with Gasteiger partial charge in [0, 0.05) is 5.56 Å². The Balaban J connectivity index is 3.23. The Morgan fingerprint density at radius 3 is 2.33 bits per heavy atom. The molecule has 66 valence electrons. The van der Waals surface area contributed by atoms with Crippen molar-refractivity contribution in [1.29, 1.82) is 0 Å². The van der Waals surface area contributed by atoms with E-state index in [1.54, 1.807) is 0 Å². The fraction of sp³-hybridized carbons (Fsp3) is 0.333. The van der Waals surface area contributed by atoms with Gasteiger partial charge >= 0.3 is 0 Å². The standard InChI is InChI=1S/C9H11FO2/c1-9(2,12)7-5-6(10)3-4-8(7)11/h3-5,11-12H,1-2H3. The normalized spacial score (nSPS) is 11.7. The maximum Gasteiger partial charge on any atom is 0.123 e. The molecule has 0 unspecified atom stereocenters. The Morgan fingerprint density at radius 1 is 1.33 bits per heavy atom. The molecule has 0 aliphatic heterocycles. The van der Waals surface area contributed by atoms with Crippen LogP contribution in [0.1, 0.15) is 19.4 Å². The molecule has 0 heterocycles. The summed E-state index contributed by atoms with van der Waals surface area (Å²) in [6.07, 6.45) is 0. The van der Waals surface area contributed by atoms with Crippen LogP contribution >= 0.6 is 0 Å². The Labute approximate surface area is 70.3 Å². The minimum absolute atomic E-state index is 0.0936. The number of rotatable bonds is 1. The van der Waals surface area contributed by atoms with Crippen LogP contribution < -0.4 is 0 Å². The summed E-state index contributed by atoms with van der Waals surface area (Å²) in [7, 11) is 0. The summed E-state index contributed by atoms with van der Waals surface area (Å²) in [6, 6.07) is 3.49. The molecule has 0 radical (unpaired) electrons. The van der Waals surface area contributed by atoms with Crippen LogP contribution in [-0.4, -0.2) is 10.2 Å². The van der Waals surface area contributed by atoms with Crippen molar-refractivity contribution >= 4 is 0 Å². The summed E-state index contributed by atoms with van der Waals surface area (Å²) < 4.78 is 12.7. The molecule has 0 atom stereocenters. The van der Waals surface area contributed by atoms with Gasteiger partial charge in [0.25, 0.3) is 0 Å². The number of hydrogen-bond donors (Lipinski definition) is 2. The topological polar surface area (TPSA) is 40.5 Å². The Kier molecular flexibility index (Phi) is 2.06. The average Bonchev–Trinajstić information content (AvgIpc) is 1.92. The number of benzene rings is 1. The average molecular weight is 170 g/mol. The van der Waals surface area contributed by atoms with Crippen LogP contribution in [0.2, 0.25) is 0 Å². The van der Waals surface area contributed by atoms with E-state index in [2.05, 4.69) is 0 Å². The molecule has 1 aromatic carbocycles. The highest BCUT2D eigenvalue weighted by molar-refractivity contribution is 5.36. The summed E-state index contributed by atoms with van der Waals surface area (Å²) in [5.74, 6) is -0.561. The second kappa shape index (κ2) is 2.75. The van der Waals surface area contributed by atoms with Gasteiger partial charge in [-0.05, 0) is 32.0 Å². The van der Waals surface area contributed by atoms with Gasteiger partial charge < -0.3 is 10.2 Å². The lowest BCUT2D eigenvalue weighted by atomic mass is 9.97. The zero-order valence-corrected chi connectivity index (χ0v) is 7.00. The van der Waals surface area contributed by atoms with Crippen molar-refractivity contribution in [3.05, 3.63) is 29.6 Å². The molecule has 2 nitrogen and oxygen atoms in total. The van der Waals surface area contributed by atoms with Gasteiger partial charge in [-0.15, -0.1) is 0 Å². The number of phenolic OH excluding ortho intramolecular Hbond substituents is 1. The molecular weight excluding hydrogens is 159 g/mol. The maximum absolute atomic E-state index is 12.7. The third kappa shape index (κ3) is 1.74. The minimum Gasteiger partial charge on any atom is -0.508 e. The van der Waals surface area contributed by atoms with Gasteiger partial charge in [0.2, 0.25) is 0 Å². The minimum atomic E-state index is -1.22. The van der Waals surface area contributed by atoms with Crippen molar-refractivity contribution < 1.29 is 14.6 Å². The molecule has 0 saturated carbocycles. The highest BCUT2D eigenvalue weighted by Crippen LogP contribution is 2.28. The van der Waals surface area contributed by atoms with Crippen LogP contribution in [0.3, 0.4) is 0 Å². The molecule has 0 saturated heterocycles. The fourth-order valence-electron chi connectivity index (χ4n) is 0.998. The summed E-state index contributed by atoms with van der Waals surface area (Å²) >= 11 is 0. The zero-order chi connectivity index (χ0) is 9.35. The smallest absolute Gasteiger partial charge is 0.123 e. The molecule has 1 rings (SSSR count). The second-order valence-electron chi connectivity index (χ2n) is 3.22. The van der Waals surface area contributed by atoms with Crippen molar-refractivity contribution in [1.82, 2.24) is 0 Å². The van der Waals surface area contributed by atoms with E-state index in [-0.39, 0.29) is 11.3 Å². The van der Waals surface area contributed by atoms with Crippen molar-refractivity contribution in [2.75, 3.05) is 0 Å². The SMILES string of the molecule is CC(C)(O)c1cc(F)ccc1O. The predicted octanol–water partition coefficient (Wildman–Crippen LogP) is 1.76. The van der Waals surface area contributed by atoms with E-state index >= 15 is 0 Å². The highest BCUT2D eigenvalue weighted by Gasteiger charge is 2.20. The molecule has 0 aliphatic carbocycles. The third-order valence-electron chi connectivity index (χ3n) is 1.62. The van der Waals surface area contributed by atoms with Gasteiger partial charge in [-0.1, -0.05) is 0 Å². The van der Waals surface area contributed by atoms with E-state index in [4.69, 9.17) is 0 Å². The molecule has 0 aromatic heterocycles. The first-order valence-corrected chi connectivity index (χ1v) is 3.62. The van der Waals surface area contributed by atoms with Crippen LogP contribution in [0.4, 0.5) is 4.39 Å². The quantitative estimate of drug-likeness (QED) is 0.674. The summed E-state index contributed by atoms with van der Waals surface area (Å²) in [4.78, 5) is 0. The molecule has 1 aromatic rings. The van der Waals surface area contributed by atoms with Crippen LogP contribution in [0.25, 0.3) is 0 Å². The van der Waals surface area contributed by atoms with Crippen molar-refractivity contribution in [3.8, 4) is 5.75 Å². The van der Waals surface area contributed by atoms with E-state index in [1.165, 1.54) is 19.9 Å². The number of halogens is 1. The van der Waals surface area contributed by atoms with Gasteiger partial charge in [-0.3, -0.25) is 0 Å².